The van der Waals surface area contributed by atoms with Crippen LogP contribution in [0, 0.1) is 5.41 Å². The van der Waals surface area contributed by atoms with Crippen molar-refractivity contribution in [2.45, 2.75) is 38.5 Å². The molecule has 0 aromatic carbocycles. The van der Waals surface area contributed by atoms with Gasteiger partial charge in [0.1, 0.15) is 0 Å². The third-order valence-corrected chi connectivity index (χ3v) is 3.62. The van der Waals surface area contributed by atoms with Crippen LogP contribution in [0.4, 0.5) is 4.79 Å². The van der Waals surface area contributed by atoms with Crippen molar-refractivity contribution in [1.82, 2.24) is 4.90 Å². The quantitative estimate of drug-likeness (QED) is 0.626. The third-order valence-electron chi connectivity index (χ3n) is 3.62. The Labute approximate surface area is 78.7 Å². The Morgan fingerprint density at radius 1 is 1.15 bits per heavy atom. The molecular formula is C10H17NO2. The van der Waals surface area contributed by atoms with Gasteiger partial charge in [0.2, 0.25) is 0 Å². The lowest BCUT2D eigenvalue weighted by Gasteiger charge is -2.32. The molecule has 1 saturated heterocycles. The van der Waals surface area contributed by atoms with Gasteiger partial charge in [-0.25, -0.2) is 4.79 Å². The molecule has 13 heavy (non-hydrogen) atoms. The average molecular weight is 183 g/mol. The number of carbonyl (C=O) groups is 1. The first-order valence-corrected chi connectivity index (χ1v) is 5.20. The minimum absolute atomic E-state index is 0.372. The van der Waals surface area contributed by atoms with Crippen LogP contribution < -0.4 is 0 Å². The van der Waals surface area contributed by atoms with Gasteiger partial charge in [-0.15, -0.1) is 0 Å². The molecule has 0 bridgehead atoms. The van der Waals surface area contributed by atoms with Crippen molar-refractivity contribution in [3.8, 4) is 0 Å². The van der Waals surface area contributed by atoms with Gasteiger partial charge >= 0.3 is 6.09 Å². The normalized spacial score (nSPS) is 26.6. The number of hydrogen-bond acceptors (Lipinski definition) is 1. The zero-order chi connectivity index (χ0) is 9.31. The fourth-order valence-corrected chi connectivity index (χ4v) is 2.81. The molecule has 0 unspecified atom stereocenters. The lowest BCUT2D eigenvalue weighted by molar-refractivity contribution is 0.140. The highest BCUT2D eigenvalue weighted by molar-refractivity contribution is 5.65. The highest BCUT2D eigenvalue weighted by Gasteiger charge is 2.40. The zero-order valence-corrected chi connectivity index (χ0v) is 7.96. The Hall–Kier alpha value is -0.730. The maximum Gasteiger partial charge on any atom is 0.407 e. The summed E-state index contributed by atoms with van der Waals surface area (Å²) in [4.78, 5) is 12.3. The molecular weight excluding hydrogens is 166 g/mol. The summed E-state index contributed by atoms with van der Waals surface area (Å²) in [6.07, 6.45) is 6.80. The molecule has 1 amide bonds. The molecule has 1 aliphatic carbocycles. The number of rotatable bonds is 0. The number of carboxylic acid groups (broad SMARTS) is 1. The minimum atomic E-state index is -0.734. The fourth-order valence-electron chi connectivity index (χ4n) is 2.81. The maximum atomic E-state index is 10.8. The van der Waals surface area contributed by atoms with E-state index in [2.05, 4.69) is 0 Å². The molecule has 3 heteroatoms. The van der Waals surface area contributed by atoms with Crippen LogP contribution in [0.5, 0.6) is 0 Å². The monoisotopic (exact) mass is 183 g/mol. The Morgan fingerprint density at radius 3 is 2.38 bits per heavy atom. The Balaban J connectivity index is 1.98. The van der Waals surface area contributed by atoms with E-state index in [-0.39, 0.29) is 0 Å². The molecule has 2 fully saturated rings. The smallest absolute Gasteiger partial charge is 0.407 e. The van der Waals surface area contributed by atoms with E-state index in [1.807, 2.05) is 0 Å². The van der Waals surface area contributed by atoms with Crippen molar-refractivity contribution >= 4 is 6.09 Å². The third kappa shape index (κ3) is 1.64. The van der Waals surface area contributed by atoms with Crippen molar-refractivity contribution in [3.05, 3.63) is 0 Å². The summed E-state index contributed by atoms with van der Waals surface area (Å²) in [6.45, 7) is 1.55. The van der Waals surface area contributed by atoms with E-state index < -0.39 is 6.09 Å². The van der Waals surface area contributed by atoms with Crippen LogP contribution in [0.2, 0.25) is 0 Å². The Bertz CT molecular complexity index is 209. The first-order chi connectivity index (χ1) is 6.22. The molecule has 3 nitrogen and oxygen atoms in total. The first kappa shape index (κ1) is 8.85. The summed E-state index contributed by atoms with van der Waals surface area (Å²) in [5.74, 6) is 0. The number of hydrogen-bond donors (Lipinski definition) is 1. The van der Waals surface area contributed by atoms with Crippen molar-refractivity contribution in [2.24, 2.45) is 5.41 Å². The molecule has 1 saturated carbocycles. The van der Waals surface area contributed by atoms with E-state index in [0.717, 1.165) is 19.5 Å². The van der Waals surface area contributed by atoms with E-state index in [1.54, 1.807) is 4.90 Å². The molecule has 0 atom stereocenters. The van der Waals surface area contributed by atoms with Crippen LogP contribution in [0.1, 0.15) is 38.5 Å². The predicted octanol–water partition coefficient (Wildman–Crippen LogP) is 2.32. The van der Waals surface area contributed by atoms with Gasteiger partial charge < -0.3 is 10.0 Å². The highest BCUT2D eigenvalue weighted by atomic mass is 16.4. The summed E-state index contributed by atoms with van der Waals surface area (Å²) in [6, 6.07) is 0. The highest BCUT2D eigenvalue weighted by Crippen LogP contribution is 2.43. The molecule has 2 aliphatic rings. The SMILES string of the molecule is O=C(O)N1CCC2(CCCCC2)C1. The van der Waals surface area contributed by atoms with Gasteiger partial charge in [-0.05, 0) is 24.7 Å². The van der Waals surface area contributed by atoms with Gasteiger partial charge in [0, 0.05) is 13.1 Å². The van der Waals surface area contributed by atoms with Gasteiger partial charge in [-0.2, -0.15) is 0 Å². The molecule has 1 heterocycles. The summed E-state index contributed by atoms with van der Waals surface area (Å²) in [5.41, 5.74) is 0.372. The Morgan fingerprint density at radius 2 is 1.85 bits per heavy atom. The molecule has 1 N–H and O–H groups in total. The maximum absolute atomic E-state index is 10.8. The van der Waals surface area contributed by atoms with Gasteiger partial charge in [-0.1, -0.05) is 19.3 Å². The van der Waals surface area contributed by atoms with E-state index in [1.165, 1.54) is 32.1 Å². The van der Waals surface area contributed by atoms with Crippen molar-refractivity contribution in [2.75, 3.05) is 13.1 Å². The largest absolute Gasteiger partial charge is 0.465 e. The van der Waals surface area contributed by atoms with Crippen LogP contribution in [0.25, 0.3) is 0 Å². The lowest BCUT2D eigenvalue weighted by atomic mass is 9.74. The van der Waals surface area contributed by atoms with Crippen LogP contribution in [0.15, 0.2) is 0 Å². The van der Waals surface area contributed by atoms with E-state index >= 15 is 0 Å². The zero-order valence-electron chi connectivity index (χ0n) is 7.96. The lowest BCUT2D eigenvalue weighted by Crippen LogP contribution is -2.32. The Kier molecular flexibility index (Phi) is 2.18. The summed E-state index contributed by atoms with van der Waals surface area (Å²) < 4.78 is 0. The minimum Gasteiger partial charge on any atom is -0.465 e. The summed E-state index contributed by atoms with van der Waals surface area (Å²) in [5, 5.41) is 8.85. The molecule has 0 radical (unpaired) electrons. The predicted molar refractivity (Wildman–Crippen MR) is 49.7 cm³/mol. The van der Waals surface area contributed by atoms with Crippen LogP contribution in [0.3, 0.4) is 0 Å². The molecule has 1 aliphatic heterocycles. The van der Waals surface area contributed by atoms with Crippen molar-refractivity contribution in [3.63, 3.8) is 0 Å². The standard InChI is InChI=1S/C10H17NO2/c12-9(13)11-7-6-10(8-11)4-2-1-3-5-10/h1-8H2,(H,12,13). The second-order valence-electron chi connectivity index (χ2n) is 4.51. The second-order valence-corrected chi connectivity index (χ2v) is 4.51. The topological polar surface area (TPSA) is 40.5 Å². The van der Waals surface area contributed by atoms with Crippen molar-refractivity contribution < 1.29 is 9.90 Å². The van der Waals surface area contributed by atoms with E-state index in [4.69, 9.17) is 5.11 Å². The summed E-state index contributed by atoms with van der Waals surface area (Å²) in [7, 11) is 0. The van der Waals surface area contributed by atoms with E-state index in [9.17, 15) is 4.79 Å². The number of nitrogens with zero attached hydrogens (tertiary/aromatic N) is 1. The van der Waals surface area contributed by atoms with Gasteiger partial charge in [0.15, 0.2) is 0 Å². The van der Waals surface area contributed by atoms with Gasteiger partial charge in [0.05, 0.1) is 0 Å². The van der Waals surface area contributed by atoms with Gasteiger partial charge in [-0.3, -0.25) is 0 Å². The second kappa shape index (κ2) is 3.20. The molecule has 0 aromatic rings. The van der Waals surface area contributed by atoms with Crippen molar-refractivity contribution in [1.29, 1.82) is 0 Å². The molecule has 74 valence electrons. The van der Waals surface area contributed by atoms with Crippen LogP contribution >= 0.6 is 0 Å². The van der Waals surface area contributed by atoms with Crippen LogP contribution in [-0.4, -0.2) is 29.2 Å². The molecule has 0 aromatic heterocycles. The van der Waals surface area contributed by atoms with E-state index in [0.29, 0.717) is 5.41 Å². The number of amides is 1. The molecule has 2 rings (SSSR count). The number of likely N-dealkylation sites (tertiary alicyclic amines) is 1. The summed E-state index contributed by atoms with van der Waals surface area (Å²) >= 11 is 0. The van der Waals surface area contributed by atoms with Gasteiger partial charge in [0.25, 0.3) is 0 Å². The first-order valence-electron chi connectivity index (χ1n) is 5.20. The fraction of sp³-hybridized carbons (Fsp3) is 0.900. The van der Waals surface area contributed by atoms with Crippen LogP contribution in [-0.2, 0) is 0 Å². The average Bonchev–Trinajstić information content (AvgIpc) is 2.51. The molecule has 1 spiro atoms.